The molecule has 1 aromatic heterocycles. The molecule has 1 aromatic rings. The van der Waals surface area contributed by atoms with Crippen molar-refractivity contribution in [2.24, 2.45) is 0 Å². The van der Waals surface area contributed by atoms with Crippen LogP contribution in [-0.2, 0) is 6.54 Å². The lowest BCUT2D eigenvalue weighted by atomic mass is 10.1. The third-order valence-corrected chi connectivity index (χ3v) is 3.34. The summed E-state index contributed by atoms with van der Waals surface area (Å²) in [5.41, 5.74) is 0. The van der Waals surface area contributed by atoms with Gasteiger partial charge in [-0.2, -0.15) is 0 Å². The lowest BCUT2D eigenvalue weighted by molar-refractivity contribution is 0.575. The molecule has 1 aliphatic rings. The maximum Gasteiger partial charge on any atom is 0.111 e. The van der Waals surface area contributed by atoms with E-state index in [1.165, 1.54) is 18.7 Å². The van der Waals surface area contributed by atoms with Crippen LogP contribution in [0.15, 0.2) is 12.4 Å². The van der Waals surface area contributed by atoms with Gasteiger partial charge in [0.25, 0.3) is 0 Å². The first kappa shape index (κ1) is 10.0. The van der Waals surface area contributed by atoms with E-state index in [4.69, 9.17) is 11.6 Å². The highest BCUT2D eigenvalue weighted by molar-refractivity contribution is 6.20. The molecule has 1 fully saturated rings. The van der Waals surface area contributed by atoms with Crippen molar-refractivity contribution in [1.29, 1.82) is 0 Å². The van der Waals surface area contributed by atoms with Gasteiger partial charge in [0.1, 0.15) is 5.82 Å². The first-order chi connectivity index (χ1) is 6.81. The highest BCUT2D eigenvalue weighted by atomic mass is 35.5. The van der Waals surface area contributed by atoms with Crippen LogP contribution in [0.5, 0.6) is 0 Å². The molecule has 2 atom stereocenters. The molecule has 78 valence electrons. The van der Waals surface area contributed by atoms with Crippen LogP contribution < -0.4 is 0 Å². The Bertz CT molecular complexity index is 295. The van der Waals surface area contributed by atoms with E-state index in [0.717, 1.165) is 19.4 Å². The Hall–Kier alpha value is -0.500. The van der Waals surface area contributed by atoms with E-state index in [1.54, 1.807) is 0 Å². The Morgan fingerprint density at radius 3 is 3.07 bits per heavy atom. The smallest absolute Gasteiger partial charge is 0.111 e. The number of hydrogen-bond donors (Lipinski definition) is 0. The van der Waals surface area contributed by atoms with E-state index in [0.29, 0.717) is 11.3 Å². The predicted molar refractivity (Wildman–Crippen MR) is 58.8 cm³/mol. The van der Waals surface area contributed by atoms with Crippen LogP contribution in [0, 0.1) is 0 Å². The van der Waals surface area contributed by atoms with Crippen molar-refractivity contribution >= 4 is 11.6 Å². The Balaban J connectivity index is 2.11. The van der Waals surface area contributed by atoms with Gasteiger partial charge in [-0.15, -0.1) is 11.6 Å². The molecule has 2 rings (SSSR count). The predicted octanol–water partition coefficient (Wildman–Crippen LogP) is 3.17. The fraction of sp³-hybridized carbons (Fsp3) is 0.727. The van der Waals surface area contributed by atoms with Gasteiger partial charge in [0, 0.05) is 30.2 Å². The van der Waals surface area contributed by atoms with Crippen molar-refractivity contribution < 1.29 is 0 Å². The summed E-state index contributed by atoms with van der Waals surface area (Å²) in [6.45, 7) is 3.28. The molecule has 0 amide bonds. The standard InChI is InChI=1S/C11H17ClN2/c1-2-6-14-7-5-13-11(14)9-3-4-10(12)8-9/h5,7,9-10H,2-4,6,8H2,1H3. The van der Waals surface area contributed by atoms with Crippen molar-refractivity contribution in [3.8, 4) is 0 Å². The minimum atomic E-state index is 0.367. The minimum Gasteiger partial charge on any atom is -0.335 e. The second-order valence-electron chi connectivity index (χ2n) is 4.09. The number of aromatic nitrogens is 2. The van der Waals surface area contributed by atoms with Gasteiger partial charge in [0.15, 0.2) is 0 Å². The maximum atomic E-state index is 6.12. The number of rotatable bonds is 3. The summed E-state index contributed by atoms with van der Waals surface area (Å²) in [5.74, 6) is 1.84. The molecule has 14 heavy (non-hydrogen) atoms. The highest BCUT2D eigenvalue weighted by Crippen LogP contribution is 2.36. The summed E-state index contributed by atoms with van der Waals surface area (Å²) < 4.78 is 2.28. The molecule has 0 radical (unpaired) electrons. The summed E-state index contributed by atoms with van der Waals surface area (Å²) in [6.07, 6.45) is 8.61. The first-order valence-corrected chi connectivity index (χ1v) is 5.90. The summed E-state index contributed by atoms with van der Waals surface area (Å²) in [7, 11) is 0. The monoisotopic (exact) mass is 212 g/mol. The van der Waals surface area contributed by atoms with Gasteiger partial charge in [0.05, 0.1) is 0 Å². The Morgan fingerprint density at radius 2 is 2.43 bits per heavy atom. The Labute approximate surface area is 90.3 Å². The second-order valence-corrected chi connectivity index (χ2v) is 4.70. The third-order valence-electron chi connectivity index (χ3n) is 2.95. The van der Waals surface area contributed by atoms with Gasteiger partial charge in [-0.1, -0.05) is 6.92 Å². The van der Waals surface area contributed by atoms with Gasteiger partial charge in [-0.25, -0.2) is 4.98 Å². The molecule has 1 heterocycles. The Morgan fingerprint density at radius 1 is 1.57 bits per heavy atom. The molecule has 2 unspecified atom stereocenters. The molecule has 0 N–H and O–H groups in total. The lowest BCUT2D eigenvalue weighted by Gasteiger charge is -2.11. The van der Waals surface area contributed by atoms with Crippen molar-refractivity contribution in [2.45, 2.75) is 50.4 Å². The van der Waals surface area contributed by atoms with Gasteiger partial charge in [0.2, 0.25) is 0 Å². The summed E-state index contributed by atoms with van der Waals surface area (Å²) in [4.78, 5) is 4.46. The van der Waals surface area contributed by atoms with E-state index < -0.39 is 0 Å². The van der Waals surface area contributed by atoms with E-state index in [2.05, 4.69) is 22.7 Å². The molecule has 0 spiro atoms. The average Bonchev–Trinajstić information content (AvgIpc) is 2.74. The summed E-state index contributed by atoms with van der Waals surface area (Å²) >= 11 is 6.12. The number of halogens is 1. The highest BCUT2D eigenvalue weighted by Gasteiger charge is 2.27. The molecule has 1 saturated carbocycles. The van der Waals surface area contributed by atoms with Crippen LogP contribution in [0.1, 0.15) is 44.3 Å². The molecule has 1 aliphatic carbocycles. The van der Waals surface area contributed by atoms with E-state index in [-0.39, 0.29) is 0 Å². The molecule has 0 aliphatic heterocycles. The van der Waals surface area contributed by atoms with Crippen LogP contribution in [0.2, 0.25) is 0 Å². The van der Waals surface area contributed by atoms with E-state index >= 15 is 0 Å². The first-order valence-electron chi connectivity index (χ1n) is 5.46. The van der Waals surface area contributed by atoms with Crippen LogP contribution in [-0.4, -0.2) is 14.9 Å². The number of alkyl halides is 1. The second kappa shape index (κ2) is 4.35. The Kier molecular flexibility index (Phi) is 3.12. The van der Waals surface area contributed by atoms with Crippen LogP contribution >= 0.6 is 11.6 Å². The molecular formula is C11H17ClN2. The number of imidazole rings is 1. The maximum absolute atomic E-state index is 6.12. The van der Waals surface area contributed by atoms with Gasteiger partial charge < -0.3 is 4.57 Å². The van der Waals surface area contributed by atoms with Gasteiger partial charge in [-0.3, -0.25) is 0 Å². The zero-order chi connectivity index (χ0) is 9.97. The summed E-state index contributed by atoms with van der Waals surface area (Å²) in [5, 5.41) is 0.367. The van der Waals surface area contributed by atoms with Crippen molar-refractivity contribution in [3.63, 3.8) is 0 Å². The molecule has 0 aromatic carbocycles. The normalized spacial score (nSPS) is 27.0. The zero-order valence-electron chi connectivity index (χ0n) is 8.62. The van der Waals surface area contributed by atoms with Crippen molar-refractivity contribution in [2.75, 3.05) is 0 Å². The lowest BCUT2D eigenvalue weighted by Crippen LogP contribution is -2.06. The van der Waals surface area contributed by atoms with Gasteiger partial charge >= 0.3 is 0 Å². The van der Waals surface area contributed by atoms with E-state index in [9.17, 15) is 0 Å². The minimum absolute atomic E-state index is 0.367. The molecule has 0 bridgehead atoms. The summed E-state index contributed by atoms with van der Waals surface area (Å²) in [6, 6.07) is 0. The van der Waals surface area contributed by atoms with E-state index in [1.807, 2.05) is 6.20 Å². The molecule has 2 nitrogen and oxygen atoms in total. The number of hydrogen-bond acceptors (Lipinski definition) is 1. The fourth-order valence-corrected chi connectivity index (χ4v) is 2.61. The third kappa shape index (κ3) is 1.95. The molecule has 0 saturated heterocycles. The quantitative estimate of drug-likeness (QED) is 0.704. The number of nitrogens with zero attached hydrogens (tertiary/aromatic N) is 2. The largest absolute Gasteiger partial charge is 0.335 e. The average molecular weight is 213 g/mol. The molecule has 3 heteroatoms. The van der Waals surface area contributed by atoms with Crippen LogP contribution in [0.25, 0.3) is 0 Å². The SMILES string of the molecule is CCCn1ccnc1C1CCC(Cl)C1. The van der Waals surface area contributed by atoms with Crippen LogP contribution in [0.3, 0.4) is 0 Å². The number of aryl methyl sites for hydroxylation is 1. The molecular weight excluding hydrogens is 196 g/mol. The van der Waals surface area contributed by atoms with Crippen molar-refractivity contribution in [1.82, 2.24) is 9.55 Å². The van der Waals surface area contributed by atoms with Crippen LogP contribution in [0.4, 0.5) is 0 Å². The fourth-order valence-electron chi connectivity index (χ4n) is 2.27. The zero-order valence-corrected chi connectivity index (χ0v) is 9.37. The van der Waals surface area contributed by atoms with Gasteiger partial charge in [-0.05, 0) is 25.7 Å². The topological polar surface area (TPSA) is 17.8 Å². The van der Waals surface area contributed by atoms with Crippen molar-refractivity contribution in [3.05, 3.63) is 18.2 Å².